The summed E-state index contributed by atoms with van der Waals surface area (Å²) in [5, 5.41) is 11.8. The molecule has 0 radical (unpaired) electrons. The number of hydrogen-bond donors (Lipinski definition) is 1. The highest BCUT2D eigenvalue weighted by atomic mass is 19.1. The average Bonchev–Trinajstić information content (AvgIpc) is 3.45. The largest absolute Gasteiger partial charge is 0.493 e. The van der Waals surface area contributed by atoms with E-state index in [-0.39, 0.29) is 11.7 Å². The lowest BCUT2D eigenvalue weighted by Crippen LogP contribution is -2.13. The van der Waals surface area contributed by atoms with Crippen molar-refractivity contribution in [3.05, 3.63) is 59.3 Å². The van der Waals surface area contributed by atoms with E-state index in [4.69, 9.17) is 14.2 Å². The lowest BCUT2D eigenvalue weighted by molar-refractivity contribution is 0.249. The zero-order valence-electron chi connectivity index (χ0n) is 17.6. The van der Waals surface area contributed by atoms with Gasteiger partial charge in [0.15, 0.2) is 17.2 Å². The molecule has 4 aromatic rings. The van der Waals surface area contributed by atoms with Gasteiger partial charge in [-0.15, -0.1) is 10.2 Å². The molecule has 0 saturated heterocycles. The molecule has 0 aliphatic carbocycles. The summed E-state index contributed by atoms with van der Waals surface area (Å²) in [4.78, 5) is 4.49. The highest BCUT2D eigenvalue weighted by Crippen LogP contribution is 2.42. The van der Waals surface area contributed by atoms with E-state index in [9.17, 15) is 4.39 Å². The van der Waals surface area contributed by atoms with E-state index in [1.54, 1.807) is 19.5 Å². The molecule has 2 aliphatic rings. The Hall–Kier alpha value is -3.88. The smallest absolute Gasteiger partial charge is 0.213 e. The van der Waals surface area contributed by atoms with Gasteiger partial charge in [-0.2, -0.15) is 0 Å². The predicted octanol–water partition coefficient (Wildman–Crippen LogP) is 3.73. The average molecular weight is 433 g/mol. The van der Waals surface area contributed by atoms with E-state index >= 15 is 0 Å². The van der Waals surface area contributed by atoms with Crippen molar-refractivity contribution in [2.24, 2.45) is 0 Å². The number of pyridine rings is 2. The van der Waals surface area contributed by atoms with Gasteiger partial charge in [0.2, 0.25) is 5.88 Å². The van der Waals surface area contributed by atoms with Crippen LogP contribution in [0.25, 0.3) is 16.8 Å². The molecule has 1 atom stereocenters. The molecule has 0 spiro atoms. The fraction of sp³-hybridized carbons (Fsp3) is 0.261. The van der Waals surface area contributed by atoms with E-state index in [0.29, 0.717) is 48.4 Å². The molecule has 32 heavy (non-hydrogen) atoms. The first kappa shape index (κ1) is 18.9. The molecule has 1 aromatic carbocycles. The number of aryl methyl sites for hydroxylation is 1. The van der Waals surface area contributed by atoms with Gasteiger partial charge in [-0.1, -0.05) is 0 Å². The van der Waals surface area contributed by atoms with Gasteiger partial charge in [-0.25, -0.2) is 9.37 Å². The van der Waals surface area contributed by atoms with Gasteiger partial charge in [0.05, 0.1) is 26.2 Å². The van der Waals surface area contributed by atoms with Crippen molar-refractivity contribution in [2.75, 3.05) is 25.6 Å². The van der Waals surface area contributed by atoms with Crippen LogP contribution in [0.5, 0.6) is 17.4 Å². The first-order valence-electron chi connectivity index (χ1n) is 10.3. The maximum atomic E-state index is 14.7. The Morgan fingerprint density at radius 2 is 1.97 bits per heavy atom. The Morgan fingerprint density at radius 3 is 2.78 bits per heavy atom. The Balaban J connectivity index is 1.51. The van der Waals surface area contributed by atoms with Gasteiger partial charge in [0.25, 0.3) is 0 Å². The van der Waals surface area contributed by atoms with Crippen LogP contribution in [-0.2, 0) is 6.54 Å². The van der Waals surface area contributed by atoms with Gasteiger partial charge in [0, 0.05) is 40.6 Å². The third kappa shape index (κ3) is 2.77. The number of methoxy groups -OCH3 is 1. The van der Waals surface area contributed by atoms with Crippen molar-refractivity contribution in [3.8, 4) is 28.5 Å². The summed E-state index contributed by atoms with van der Waals surface area (Å²) in [6.45, 7) is 3.04. The van der Waals surface area contributed by atoms with Crippen LogP contribution in [0, 0.1) is 12.7 Å². The number of anilines is 1. The molecular weight excluding hydrogens is 413 g/mol. The Bertz CT molecular complexity index is 1370. The number of halogens is 1. The maximum absolute atomic E-state index is 14.7. The second-order valence-electron chi connectivity index (χ2n) is 7.89. The predicted molar refractivity (Wildman–Crippen MR) is 115 cm³/mol. The van der Waals surface area contributed by atoms with Gasteiger partial charge in [0.1, 0.15) is 17.9 Å². The molecular formula is C23H20FN5O3. The van der Waals surface area contributed by atoms with E-state index in [1.165, 1.54) is 6.07 Å². The van der Waals surface area contributed by atoms with Crippen LogP contribution in [0.2, 0.25) is 0 Å². The van der Waals surface area contributed by atoms with Gasteiger partial charge < -0.3 is 19.5 Å². The molecule has 1 N–H and O–H groups in total. The molecule has 6 rings (SSSR count). The standard InChI is InChI=1S/C23H20FN5O3/c1-12-14(3-6-20(27-12)30-2)15-7-19-23(29-11-26-28-22(15)29)25-8-16-17(24)4-5-18-21(16)13(9-31-18)10-32-19/h3-7,11,13,25H,8-10H2,1-2H3/t13-/m1/s1. The summed E-state index contributed by atoms with van der Waals surface area (Å²) in [5.74, 6) is 2.26. The second-order valence-corrected chi connectivity index (χ2v) is 7.89. The van der Waals surface area contributed by atoms with E-state index in [1.807, 2.05) is 29.5 Å². The van der Waals surface area contributed by atoms with Crippen molar-refractivity contribution in [2.45, 2.75) is 19.4 Å². The van der Waals surface area contributed by atoms with E-state index < -0.39 is 0 Å². The van der Waals surface area contributed by atoms with Crippen LogP contribution in [0.1, 0.15) is 22.7 Å². The van der Waals surface area contributed by atoms with Crippen LogP contribution in [0.3, 0.4) is 0 Å². The summed E-state index contributed by atoms with van der Waals surface area (Å²) in [5.41, 5.74) is 4.66. The highest BCUT2D eigenvalue weighted by molar-refractivity contribution is 5.83. The Morgan fingerprint density at radius 1 is 1.12 bits per heavy atom. The van der Waals surface area contributed by atoms with Crippen molar-refractivity contribution >= 4 is 11.5 Å². The molecule has 0 bridgehead atoms. The molecule has 3 aromatic heterocycles. The first-order chi connectivity index (χ1) is 15.6. The number of fused-ring (bicyclic) bond motifs is 3. The maximum Gasteiger partial charge on any atom is 0.213 e. The molecule has 5 heterocycles. The normalized spacial score (nSPS) is 16.7. The van der Waals surface area contributed by atoms with Crippen molar-refractivity contribution in [1.82, 2.24) is 19.6 Å². The number of nitrogens with one attached hydrogen (secondary N) is 1. The van der Waals surface area contributed by atoms with Crippen molar-refractivity contribution in [1.29, 1.82) is 0 Å². The first-order valence-corrected chi connectivity index (χ1v) is 10.3. The Labute approximate surface area is 183 Å². The topological polar surface area (TPSA) is 82.8 Å². The minimum absolute atomic E-state index is 0.0482. The number of hydrogen-bond acceptors (Lipinski definition) is 7. The molecule has 162 valence electrons. The summed E-state index contributed by atoms with van der Waals surface area (Å²) in [6, 6.07) is 8.84. The minimum atomic E-state index is -0.258. The van der Waals surface area contributed by atoms with E-state index in [0.717, 1.165) is 28.1 Å². The monoisotopic (exact) mass is 433 g/mol. The SMILES string of the molecule is COc1ccc(-c2cc3c(n4cnnc24)NCc2c(F)ccc4c2[C@H](CO4)CO3)c(C)n1. The number of aromatic nitrogens is 4. The summed E-state index contributed by atoms with van der Waals surface area (Å²) < 4.78 is 33.9. The fourth-order valence-electron chi connectivity index (χ4n) is 4.52. The molecule has 0 fully saturated rings. The number of rotatable bonds is 2. The third-order valence-corrected chi connectivity index (χ3v) is 6.08. The molecule has 8 nitrogen and oxygen atoms in total. The molecule has 0 amide bonds. The molecule has 0 saturated carbocycles. The minimum Gasteiger partial charge on any atom is -0.493 e. The van der Waals surface area contributed by atoms with Crippen LogP contribution < -0.4 is 19.5 Å². The van der Waals surface area contributed by atoms with Gasteiger partial charge >= 0.3 is 0 Å². The summed E-state index contributed by atoms with van der Waals surface area (Å²) in [6.07, 6.45) is 1.62. The highest BCUT2D eigenvalue weighted by Gasteiger charge is 2.31. The van der Waals surface area contributed by atoms with Crippen LogP contribution in [0.4, 0.5) is 10.2 Å². The Kier molecular flexibility index (Phi) is 4.17. The quantitative estimate of drug-likeness (QED) is 0.516. The summed E-state index contributed by atoms with van der Waals surface area (Å²) in [7, 11) is 1.59. The van der Waals surface area contributed by atoms with Gasteiger partial charge in [-0.05, 0) is 31.2 Å². The van der Waals surface area contributed by atoms with Crippen molar-refractivity contribution in [3.63, 3.8) is 0 Å². The van der Waals surface area contributed by atoms with Crippen LogP contribution in [-0.4, -0.2) is 39.9 Å². The number of ether oxygens (including phenoxy) is 3. The van der Waals surface area contributed by atoms with Crippen LogP contribution >= 0.6 is 0 Å². The zero-order valence-corrected chi connectivity index (χ0v) is 17.6. The zero-order chi connectivity index (χ0) is 21.8. The third-order valence-electron chi connectivity index (χ3n) is 6.08. The van der Waals surface area contributed by atoms with E-state index in [2.05, 4.69) is 20.5 Å². The summed E-state index contributed by atoms with van der Waals surface area (Å²) >= 11 is 0. The van der Waals surface area contributed by atoms with Gasteiger partial charge in [-0.3, -0.25) is 4.40 Å². The fourth-order valence-corrected chi connectivity index (χ4v) is 4.52. The number of benzene rings is 1. The van der Waals surface area contributed by atoms with Crippen molar-refractivity contribution < 1.29 is 18.6 Å². The molecule has 0 unspecified atom stereocenters. The lowest BCUT2D eigenvalue weighted by atomic mass is 9.96. The number of nitrogens with zero attached hydrogens (tertiary/aromatic N) is 4. The lowest BCUT2D eigenvalue weighted by Gasteiger charge is -2.17. The molecule has 2 aliphatic heterocycles. The second kappa shape index (κ2) is 7.08. The molecule has 9 heteroatoms. The van der Waals surface area contributed by atoms with Crippen LogP contribution in [0.15, 0.2) is 36.7 Å².